The summed E-state index contributed by atoms with van der Waals surface area (Å²) in [4.78, 5) is 4.27. The van der Waals surface area contributed by atoms with E-state index in [-0.39, 0.29) is 0 Å². The Kier molecular flexibility index (Phi) is 2.12. The predicted molar refractivity (Wildman–Crippen MR) is 61.4 cm³/mol. The van der Waals surface area contributed by atoms with Crippen LogP contribution in [-0.2, 0) is 5.60 Å². The Morgan fingerprint density at radius 3 is 2.67 bits per heavy atom. The van der Waals surface area contributed by atoms with Crippen LogP contribution in [0.5, 0.6) is 0 Å². The first-order valence-corrected chi connectivity index (χ1v) is 4.85. The number of aliphatic hydroxyl groups is 1. The van der Waals surface area contributed by atoms with Gasteiger partial charge in [0.1, 0.15) is 0 Å². The largest absolute Gasteiger partial charge is 0.399 e. The molecule has 2 aromatic rings. The van der Waals surface area contributed by atoms with E-state index in [1.165, 1.54) is 0 Å². The van der Waals surface area contributed by atoms with E-state index in [1.54, 1.807) is 20.0 Å². The molecule has 0 fully saturated rings. The van der Waals surface area contributed by atoms with E-state index in [1.807, 2.05) is 24.3 Å². The van der Waals surface area contributed by atoms with Crippen molar-refractivity contribution in [1.29, 1.82) is 0 Å². The molecule has 78 valence electrons. The Hall–Kier alpha value is -1.61. The molecule has 3 nitrogen and oxygen atoms in total. The standard InChI is InChI=1S/C12H14N2O/c1-12(2,15)9-5-8-3-4-10(13)6-11(8)14-7-9/h3-7,15H,13H2,1-2H3. The molecule has 0 atom stereocenters. The molecule has 0 spiro atoms. The van der Waals surface area contributed by atoms with Crippen LogP contribution in [0.25, 0.3) is 10.9 Å². The fraction of sp³-hybridized carbons (Fsp3) is 0.250. The highest BCUT2D eigenvalue weighted by Crippen LogP contribution is 2.23. The molecule has 2 rings (SSSR count). The van der Waals surface area contributed by atoms with Crippen LogP contribution in [0.2, 0.25) is 0 Å². The van der Waals surface area contributed by atoms with E-state index >= 15 is 0 Å². The van der Waals surface area contributed by atoms with E-state index < -0.39 is 5.60 Å². The smallest absolute Gasteiger partial charge is 0.0855 e. The van der Waals surface area contributed by atoms with E-state index in [9.17, 15) is 5.11 Å². The molecule has 3 heteroatoms. The second-order valence-electron chi connectivity index (χ2n) is 4.24. The fourth-order valence-corrected chi connectivity index (χ4v) is 1.47. The number of pyridine rings is 1. The van der Waals surface area contributed by atoms with Crippen LogP contribution in [0.15, 0.2) is 30.5 Å². The number of nitrogens with zero attached hydrogens (tertiary/aromatic N) is 1. The lowest BCUT2D eigenvalue weighted by Gasteiger charge is -2.17. The van der Waals surface area contributed by atoms with Gasteiger partial charge in [0, 0.05) is 22.8 Å². The van der Waals surface area contributed by atoms with Crippen molar-refractivity contribution < 1.29 is 5.11 Å². The molecule has 1 aromatic heterocycles. The Labute approximate surface area is 88.6 Å². The van der Waals surface area contributed by atoms with Gasteiger partial charge in [-0.1, -0.05) is 6.07 Å². The zero-order chi connectivity index (χ0) is 11.1. The molecule has 0 amide bonds. The summed E-state index contributed by atoms with van der Waals surface area (Å²) in [6.07, 6.45) is 1.68. The maximum absolute atomic E-state index is 9.84. The molecule has 1 aromatic carbocycles. The number of fused-ring (bicyclic) bond motifs is 1. The summed E-state index contributed by atoms with van der Waals surface area (Å²) in [5.41, 5.74) is 7.16. The number of hydrogen-bond acceptors (Lipinski definition) is 3. The number of rotatable bonds is 1. The topological polar surface area (TPSA) is 59.1 Å². The Morgan fingerprint density at radius 2 is 2.00 bits per heavy atom. The monoisotopic (exact) mass is 202 g/mol. The van der Waals surface area contributed by atoms with Crippen LogP contribution in [0.1, 0.15) is 19.4 Å². The highest BCUT2D eigenvalue weighted by atomic mass is 16.3. The van der Waals surface area contributed by atoms with Gasteiger partial charge in [-0.25, -0.2) is 0 Å². The van der Waals surface area contributed by atoms with Gasteiger partial charge in [0.2, 0.25) is 0 Å². The van der Waals surface area contributed by atoms with Gasteiger partial charge in [0.05, 0.1) is 11.1 Å². The molecule has 0 aliphatic heterocycles. The van der Waals surface area contributed by atoms with Gasteiger partial charge < -0.3 is 10.8 Å². The molecule has 0 radical (unpaired) electrons. The van der Waals surface area contributed by atoms with Crippen molar-refractivity contribution in [2.75, 3.05) is 5.73 Å². The number of nitrogens with two attached hydrogens (primary N) is 1. The summed E-state index contributed by atoms with van der Waals surface area (Å²) in [6.45, 7) is 3.49. The second-order valence-corrected chi connectivity index (χ2v) is 4.24. The summed E-state index contributed by atoms with van der Waals surface area (Å²) >= 11 is 0. The van der Waals surface area contributed by atoms with Crippen molar-refractivity contribution in [3.8, 4) is 0 Å². The van der Waals surface area contributed by atoms with Crippen LogP contribution in [0.3, 0.4) is 0 Å². The van der Waals surface area contributed by atoms with Gasteiger partial charge in [0.25, 0.3) is 0 Å². The highest BCUT2D eigenvalue weighted by Gasteiger charge is 2.16. The second kappa shape index (κ2) is 3.21. The van der Waals surface area contributed by atoms with Crippen LogP contribution in [-0.4, -0.2) is 10.1 Å². The minimum Gasteiger partial charge on any atom is -0.399 e. The average molecular weight is 202 g/mol. The summed E-state index contributed by atoms with van der Waals surface area (Å²) < 4.78 is 0. The van der Waals surface area contributed by atoms with E-state index in [4.69, 9.17) is 5.73 Å². The third-order valence-corrected chi connectivity index (χ3v) is 2.41. The quantitative estimate of drug-likeness (QED) is 0.696. The van der Waals surface area contributed by atoms with Crippen LogP contribution in [0.4, 0.5) is 5.69 Å². The van der Waals surface area contributed by atoms with Gasteiger partial charge in [-0.3, -0.25) is 4.98 Å². The van der Waals surface area contributed by atoms with Crippen molar-refractivity contribution in [1.82, 2.24) is 4.98 Å². The van der Waals surface area contributed by atoms with Crippen molar-refractivity contribution in [2.24, 2.45) is 0 Å². The first-order chi connectivity index (χ1) is 6.97. The number of aromatic nitrogens is 1. The first kappa shape index (κ1) is 9.93. The van der Waals surface area contributed by atoms with Crippen molar-refractivity contribution in [3.63, 3.8) is 0 Å². The third kappa shape index (κ3) is 1.92. The lowest BCUT2D eigenvalue weighted by Crippen LogP contribution is -2.15. The van der Waals surface area contributed by atoms with Gasteiger partial charge in [-0.2, -0.15) is 0 Å². The molecule has 0 aliphatic rings. The maximum Gasteiger partial charge on any atom is 0.0855 e. The molecule has 0 unspecified atom stereocenters. The van der Waals surface area contributed by atoms with Gasteiger partial charge >= 0.3 is 0 Å². The molecule has 0 aliphatic carbocycles. The van der Waals surface area contributed by atoms with E-state index in [2.05, 4.69) is 4.98 Å². The van der Waals surface area contributed by atoms with Gasteiger partial charge in [-0.15, -0.1) is 0 Å². The van der Waals surface area contributed by atoms with Gasteiger partial charge in [-0.05, 0) is 32.0 Å². The first-order valence-electron chi connectivity index (χ1n) is 4.85. The minimum absolute atomic E-state index is 0.700. The zero-order valence-corrected chi connectivity index (χ0v) is 8.86. The van der Waals surface area contributed by atoms with Crippen LogP contribution >= 0.6 is 0 Å². The predicted octanol–water partition coefficient (Wildman–Crippen LogP) is 2.04. The summed E-state index contributed by atoms with van der Waals surface area (Å²) in [7, 11) is 0. The Morgan fingerprint density at radius 1 is 1.27 bits per heavy atom. The number of nitrogen functional groups attached to an aromatic ring is 1. The van der Waals surface area contributed by atoms with Crippen LogP contribution < -0.4 is 5.73 Å². The zero-order valence-electron chi connectivity index (χ0n) is 8.86. The molecular formula is C12H14N2O. The van der Waals surface area contributed by atoms with E-state index in [0.29, 0.717) is 5.69 Å². The maximum atomic E-state index is 9.84. The number of benzene rings is 1. The number of anilines is 1. The summed E-state index contributed by atoms with van der Waals surface area (Å²) in [5, 5.41) is 10.8. The molecule has 1 heterocycles. The normalized spacial score (nSPS) is 11.9. The average Bonchev–Trinajstić information content (AvgIpc) is 2.15. The summed E-state index contributed by atoms with van der Waals surface area (Å²) in [6, 6.07) is 7.50. The highest BCUT2D eigenvalue weighted by molar-refractivity contribution is 5.82. The molecule has 0 bridgehead atoms. The Balaban J connectivity index is 2.62. The van der Waals surface area contributed by atoms with Crippen LogP contribution in [0, 0.1) is 0 Å². The fourth-order valence-electron chi connectivity index (χ4n) is 1.47. The molecule has 3 N–H and O–H groups in total. The molecule has 0 saturated heterocycles. The van der Waals surface area contributed by atoms with Crippen molar-refractivity contribution in [2.45, 2.75) is 19.4 Å². The lowest BCUT2D eigenvalue weighted by molar-refractivity contribution is 0.0784. The van der Waals surface area contributed by atoms with Crippen molar-refractivity contribution >= 4 is 16.6 Å². The van der Waals surface area contributed by atoms with Gasteiger partial charge in [0.15, 0.2) is 0 Å². The minimum atomic E-state index is -0.859. The summed E-state index contributed by atoms with van der Waals surface area (Å²) in [5.74, 6) is 0. The number of hydrogen-bond donors (Lipinski definition) is 2. The molecule has 0 saturated carbocycles. The van der Waals surface area contributed by atoms with E-state index in [0.717, 1.165) is 16.5 Å². The third-order valence-electron chi connectivity index (χ3n) is 2.41. The molecule has 15 heavy (non-hydrogen) atoms. The Bertz CT molecular complexity index is 500. The molecular weight excluding hydrogens is 188 g/mol. The lowest BCUT2D eigenvalue weighted by atomic mass is 9.99. The SMILES string of the molecule is CC(C)(O)c1cnc2cc(N)ccc2c1. The van der Waals surface area contributed by atoms with Crippen molar-refractivity contribution in [3.05, 3.63) is 36.0 Å².